The summed E-state index contributed by atoms with van der Waals surface area (Å²) in [4.78, 5) is 29.0. The number of carbonyl (C=O) groups excluding carboxylic acids is 2. The van der Waals surface area contributed by atoms with Crippen LogP contribution in [0.5, 0.6) is 0 Å². The van der Waals surface area contributed by atoms with Gasteiger partial charge in [0, 0.05) is 13.1 Å². The van der Waals surface area contributed by atoms with Crippen molar-refractivity contribution in [3.8, 4) is 0 Å². The minimum absolute atomic E-state index is 0.0939. The van der Waals surface area contributed by atoms with E-state index in [9.17, 15) is 14.7 Å². The van der Waals surface area contributed by atoms with Gasteiger partial charge in [-0.1, -0.05) is 34.6 Å². The normalized spacial score (nSPS) is 22.0. The molecule has 0 radical (unpaired) electrons. The Labute approximate surface area is 189 Å². The molecule has 2 rings (SSSR count). The van der Waals surface area contributed by atoms with Crippen molar-refractivity contribution in [3.05, 3.63) is 0 Å². The summed E-state index contributed by atoms with van der Waals surface area (Å²) in [6.07, 6.45) is 2.28. The Kier molecular flexibility index (Phi) is 10.9. The molecule has 1 amide bonds. The Morgan fingerprint density at radius 2 is 1.61 bits per heavy atom. The molecule has 2 heterocycles. The summed E-state index contributed by atoms with van der Waals surface area (Å²) in [5, 5.41) is 13.3. The predicted molar refractivity (Wildman–Crippen MR) is 125 cm³/mol. The minimum atomic E-state index is -0.445. The van der Waals surface area contributed by atoms with E-state index >= 15 is 0 Å². The van der Waals surface area contributed by atoms with Crippen molar-refractivity contribution < 1.29 is 19.4 Å². The number of nitrogens with zero attached hydrogens (tertiary/aromatic N) is 2. The zero-order valence-electron chi connectivity index (χ0n) is 21.2. The van der Waals surface area contributed by atoms with Gasteiger partial charge in [0.15, 0.2) is 0 Å². The van der Waals surface area contributed by atoms with Crippen molar-refractivity contribution in [2.75, 3.05) is 39.3 Å². The lowest BCUT2D eigenvalue weighted by Gasteiger charge is -2.36. The maximum absolute atomic E-state index is 13.0. The molecule has 0 aliphatic carbocycles. The summed E-state index contributed by atoms with van der Waals surface area (Å²) in [6.45, 7) is 19.9. The van der Waals surface area contributed by atoms with Crippen LogP contribution in [0.4, 0.5) is 0 Å². The monoisotopic (exact) mass is 441 g/mol. The molecule has 31 heavy (non-hydrogen) atoms. The second kappa shape index (κ2) is 12.2. The Bertz CT molecular complexity index is 560. The predicted octanol–water partition coefficient (Wildman–Crippen LogP) is 2.66. The first-order chi connectivity index (χ1) is 14.3. The third kappa shape index (κ3) is 9.87. The van der Waals surface area contributed by atoms with E-state index in [1.54, 1.807) is 4.90 Å². The van der Waals surface area contributed by atoms with Crippen LogP contribution in [-0.4, -0.2) is 83.8 Å². The molecule has 2 aliphatic heterocycles. The van der Waals surface area contributed by atoms with Crippen LogP contribution in [-0.2, 0) is 14.3 Å². The molecular formula is C24H47N3O4. The molecule has 0 aromatic heterocycles. The SMILES string of the molecule is CC.CC(C)(C)OC(=O)CN1CCC(CNC(C(=O)N2CCC(O)C2)C(C)(C)C)CC1. The van der Waals surface area contributed by atoms with Gasteiger partial charge in [-0.25, -0.2) is 0 Å². The summed E-state index contributed by atoms with van der Waals surface area (Å²) < 4.78 is 5.41. The first-order valence-electron chi connectivity index (χ1n) is 12.0. The van der Waals surface area contributed by atoms with Crippen LogP contribution in [0.1, 0.15) is 74.7 Å². The van der Waals surface area contributed by atoms with Gasteiger partial charge in [0.05, 0.1) is 18.7 Å². The molecule has 7 heteroatoms. The summed E-state index contributed by atoms with van der Waals surface area (Å²) in [5.74, 6) is 0.420. The molecule has 2 fully saturated rings. The number of hydrogen-bond acceptors (Lipinski definition) is 6. The van der Waals surface area contributed by atoms with Crippen LogP contribution >= 0.6 is 0 Å². The maximum Gasteiger partial charge on any atom is 0.320 e. The van der Waals surface area contributed by atoms with Gasteiger partial charge in [-0.2, -0.15) is 0 Å². The molecule has 2 unspecified atom stereocenters. The van der Waals surface area contributed by atoms with Gasteiger partial charge in [-0.3, -0.25) is 14.5 Å². The van der Waals surface area contributed by atoms with Gasteiger partial charge in [0.1, 0.15) is 5.60 Å². The van der Waals surface area contributed by atoms with Crippen LogP contribution in [0.25, 0.3) is 0 Å². The first-order valence-corrected chi connectivity index (χ1v) is 12.0. The Balaban J connectivity index is 0.00000233. The molecule has 7 nitrogen and oxygen atoms in total. The third-order valence-electron chi connectivity index (χ3n) is 5.68. The van der Waals surface area contributed by atoms with Crippen molar-refractivity contribution in [1.29, 1.82) is 0 Å². The molecule has 182 valence electrons. The molecule has 0 bridgehead atoms. The van der Waals surface area contributed by atoms with E-state index in [1.807, 2.05) is 34.6 Å². The number of amides is 1. The van der Waals surface area contributed by atoms with E-state index in [0.29, 0.717) is 32.0 Å². The highest BCUT2D eigenvalue weighted by Crippen LogP contribution is 2.24. The van der Waals surface area contributed by atoms with E-state index in [-0.39, 0.29) is 23.3 Å². The number of aliphatic hydroxyl groups is 1. The lowest BCUT2D eigenvalue weighted by molar-refractivity contribution is -0.156. The molecule has 0 aromatic carbocycles. The molecule has 2 atom stereocenters. The van der Waals surface area contributed by atoms with Gasteiger partial charge >= 0.3 is 5.97 Å². The summed E-state index contributed by atoms with van der Waals surface area (Å²) in [7, 11) is 0. The number of piperidine rings is 1. The average molecular weight is 442 g/mol. The lowest BCUT2D eigenvalue weighted by Crippen LogP contribution is -2.54. The number of rotatable bonds is 6. The second-order valence-corrected chi connectivity index (χ2v) is 10.7. The molecular weight excluding hydrogens is 394 g/mol. The molecule has 0 spiro atoms. The first kappa shape index (κ1) is 27.9. The summed E-state index contributed by atoms with van der Waals surface area (Å²) in [6, 6.07) is -0.257. The van der Waals surface area contributed by atoms with E-state index in [4.69, 9.17) is 4.74 Å². The number of esters is 1. The molecule has 2 saturated heterocycles. The van der Waals surface area contributed by atoms with E-state index in [2.05, 4.69) is 31.0 Å². The number of aliphatic hydroxyl groups excluding tert-OH is 1. The van der Waals surface area contributed by atoms with Crippen LogP contribution in [0.15, 0.2) is 0 Å². The largest absolute Gasteiger partial charge is 0.459 e. The standard InChI is InChI=1S/C22H41N3O4.C2H6/c1-21(2,3)19(20(28)25-12-9-17(26)14-25)23-13-16-7-10-24(11-8-16)15-18(27)29-22(4,5)6;1-2/h16-17,19,23,26H,7-15H2,1-6H3;1-2H3. The smallest absolute Gasteiger partial charge is 0.320 e. The zero-order valence-corrected chi connectivity index (χ0v) is 21.2. The number of nitrogens with one attached hydrogen (secondary N) is 1. The number of carbonyl (C=O) groups is 2. The average Bonchev–Trinajstić information content (AvgIpc) is 3.08. The van der Waals surface area contributed by atoms with Gasteiger partial charge < -0.3 is 20.1 Å². The van der Waals surface area contributed by atoms with E-state index < -0.39 is 11.7 Å². The van der Waals surface area contributed by atoms with Crippen molar-refractivity contribution >= 4 is 11.9 Å². The maximum atomic E-state index is 13.0. The molecule has 0 aromatic rings. The van der Waals surface area contributed by atoms with Crippen molar-refractivity contribution in [2.45, 2.75) is 92.4 Å². The molecule has 0 saturated carbocycles. The fourth-order valence-corrected chi connectivity index (χ4v) is 4.08. The van der Waals surface area contributed by atoms with Gasteiger partial charge in [-0.15, -0.1) is 0 Å². The van der Waals surface area contributed by atoms with Gasteiger partial charge in [0.25, 0.3) is 0 Å². The summed E-state index contributed by atoms with van der Waals surface area (Å²) in [5.41, 5.74) is -0.638. The minimum Gasteiger partial charge on any atom is -0.459 e. The van der Waals surface area contributed by atoms with E-state index in [0.717, 1.165) is 32.5 Å². The Morgan fingerprint density at radius 1 is 1.03 bits per heavy atom. The molecule has 2 N–H and O–H groups in total. The van der Waals surface area contributed by atoms with Gasteiger partial charge in [0.2, 0.25) is 5.91 Å². The van der Waals surface area contributed by atoms with Crippen molar-refractivity contribution in [2.24, 2.45) is 11.3 Å². The van der Waals surface area contributed by atoms with Crippen LogP contribution in [0.3, 0.4) is 0 Å². The highest BCUT2D eigenvalue weighted by Gasteiger charge is 2.37. The fraction of sp³-hybridized carbons (Fsp3) is 0.917. The Morgan fingerprint density at radius 3 is 2.06 bits per heavy atom. The number of hydrogen-bond donors (Lipinski definition) is 2. The summed E-state index contributed by atoms with van der Waals surface area (Å²) >= 11 is 0. The van der Waals surface area contributed by atoms with Gasteiger partial charge in [-0.05, 0) is 71.0 Å². The van der Waals surface area contributed by atoms with Crippen LogP contribution in [0, 0.1) is 11.3 Å². The van der Waals surface area contributed by atoms with Crippen LogP contribution in [0.2, 0.25) is 0 Å². The second-order valence-electron chi connectivity index (χ2n) is 10.7. The fourth-order valence-electron chi connectivity index (χ4n) is 4.08. The van der Waals surface area contributed by atoms with Crippen LogP contribution < -0.4 is 5.32 Å². The van der Waals surface area contributed by atoms with Crippen molar-refractivity contribution in [1.82, 2.24) is 15.1 Å². The quantitative estimate of drug-likeness (QED) is 0.617. The lowest BCUT2D eigenvalue weighted by atomic mass is 9.85. The number of likely N-dealkylation sites (tertiary alicyclic amines) is 2. The van der Waals surface area contributed by atoms with Crippen molar-refractivity contribution in [3.63, 3.8) is 0 Å². The van der Waals surface area contributed by atoms with E-state index in [1.165, 1.54) is 0 Å². The zero-order chi connectivity index (χ0) is 23.8. The number of ether oxygens (including phenoxy) is 1. The highest BCUT2D eigenvalue weighted by atomic mass is 16.6. The molecule has 2 aliphatic rings. The highest BCUT2D eigenvalue weighted by molar-refractivity contribution is 5.83. The number of β-amino-alcohol motifs (C(OH)–C–C–N with tert-alkyl or cyclic N) is 1. The Hall–Kier alpha value is -1.18. The topological polar surface area (TPSA) is 82.1 Å². The third-order valence-corrected chi connectivity index (χ3v) is 5.68.